The van der Waals surface area contributed by atoms with Crippen LogP contribution >= 0.6 is 11.8 Å². The molecule has 1 heterocycles. The SMILES string of the molecule is COc1cccc(-c2nc(SCC(=O)Nc3ccc(OC)c(OC)c3)c(-c3ccc(C)cc3)[nH]2)c1. The van der Waals surface area contributed by atoms with Crippen LogP contribution in [0.25, 0.3) is 22.6 Å². The molecule has 0 atom stereocenters. The Kier molecular flexibility index (Phi) is 7.62. The van der Waals surface area contributed by atoms with E-state index in [-0.39, 0.29) is 11.7 Å². The second-order valence-electron chi connectivity index (χ2n) is 7.77. The molecule has 0 aliphatic rings. The van der Waals surface area contributed by atoms with Gasteiger partial charge in [0.2, 0.25) is 5.91 Å². The maximum Gasteiger partial charge on any atom is 0.234 e. The number of H-pyrrole nitrogens is 1. The molecule has 0 aliphatic carbocycles. The quantitative estimate of drug-likeness (QED) is 0.289. The maximum absolute atomic E-state index is 12.7. The van der Waals surface area contributed by atoms with E-state index in [4.69, 9.17) is 19.2 Å². The van der Waals surface area contributed by atoms with Crippen molar-refractivity contribution >= 4 is 23.4 Å². The predicted octanol–water partition coefficient (Wildman–Crippen LogP) is 5.81. The molecule has 0 saturated heterocycles. The maximum atomic E-state index is 12.7. The van der Waals surface area contributed by atoms with Crippen LogP contribution < -0.4 is 19.5 Å². The number of nitrogens with one attached hydrogen (secondary N) is 2. The number of aromatic amines is 1. The van der Waals surface area contributed by atoms with Gasteiger partial charge in [-0.15, -0.1) is 0 Å². The summed E-state index contributed by atoms with van der Waals surface area (Å²) in [6.45, 7) is 2.05. The standard InChI is InChI=1S/C27H27N3O4S/c1-17-8-10-18(11-9-17)25-27(30-26(29-25)19-6-5-7-21(14-19)32-2)35-16-24(31)28-20-12-13-22(33-3)23(15-20)34-4/h5-15H,16H2,1-4H3,(H,28,31)(H,29,30). The third-order valence-electron chi connectivity index (χ3n) is 5.36. The van der Waals surface area contributed by atoms with Gasteiger partial charge in [-0.25, -0.2) is 4.98 Å². The molecule has 0 fully saturated rings. The molecule has 8 heteroatoms. The molecular formula is C27H27N3O4S. The summed E-state index contributed by atoms with van der Waals surface area (Å²) in [5.74, 6) is 2.65. The number of imidazole rings is 1. The highest BCUT2D eigenvalue weighted by Gasteiger charge is 2.16. The van der Waals surface area contributed by atoms with Crippen LogP contribution in [0.15, 0.2) is 71.8 Å². The van der Waals surface area contributed by atoms with Crippen LogP contribution in [0.2, 0.25) is 0 Å². The van der Waals surface area contributed by atoms with Crippen LogP contribution in [0.3, 0.4) is 0 Å². The molecule has 4 rings (SSSR count). The van der Waals surface area contributed by atoms with Gasteiger partial charge in [0.05, 0.1) is 32.8 Å². The average Bonchev–Trinajstić information content (AvgIpc) is 3.32. The number of carbonyl (C=O) groups excluding carboxylic acids is 1. The van der Waals surface area contributed by atoms with Gasteiger partial charge in [-0.05, 0) is 31.2 Å². The molecule has 7 nitrogen and oxygen atoms in total. The lowest BCUT2D eigenvalue weighted by Crippen LogP contribution is -2.14. The normalized spacial score (nSPS) is 10.6. The second-order valence-corrected chi connectivity index (χ2v) is 8.73. The number of ether oxygens (including phenoxy) is 3. The molecule has 1 aromatic heterocycles. The summed E-state index contributed by atoms with van der Waals surface area (Å²) in [6.07, 6.45) is 0. The number of benzene rings is 3. The Morgan fingerprint density at radius 1 is 0.914 bits per heavy atom. The zero-order chi connectivity index (χ0) is 24.8. The summed E-state index contributed by atoms with van der Waals surface area (Å²) in [5.41, 5.74) is 4.57. The van der Waals surface area contributed by atoms with Crippen molar-refractivity contribution in [2.24, 2.45) is 0 Å². The Hall–Kier alpha value is -3.91. The minimum atomic E-state index is -0.150. The highest BCUT2D eigenvalue weighted by Crippen LogP contribution is 2.34. The Bertz CT molecular complexity index is 1320. The van der Waals surface area contributed by atoms with E-state index in [0.717, 1.165) is 27.6 Å². The van der Waals surface area contributed by atoms with Gasteiger partial charge in [0.15, 0.2) is 11.5 Å². The molecule has 3 aromatic carbocycles. The van der Waals surface area contributed by atoms with E-state index < -0.39 is 0 Å². The van der Waals surface area contributed by atoms with Gasteiger partial charge < -0.3 is 24.5 Å². The lowest BCUT2D eigenvalue weighted by atomic mass is 10.1. The molecule has 1 amide bonds. The van der Waals surface area contributed by atoms with Crippen LogP contribution in [-0.4, -0.2) is 43.0 Å². The average molecular weight is 490 g/mol. The summed E-state index contributed by atoms with van der Waals surface area (Å²) in [4.78, 5) is 21.0. The number of hydrogen-bond acceptors (Lipinski definition) is 6. The number of carbonyl (C=O) groups is 1. The van der Waals surface area contributed by atoms with Crippen molar-refractivity contribution in [3.63, 3.8) is 0 Å². The molecular weight excluding hydrogens is 462 g/mol. The second kappa shape index (κ2) is 11.0. The van der Waals surface area contributed by atoms with Gasteiger partial charge in [0.1, 0.15) is 16.6 Å². The fourth-order valence-electron chi connectivity index (χ4n) is 3.53. The number of amides is 1. The summed E-state index contributed by atoms with van der Waals surface area (Å²) in [6, 6.07) is 21.2. The molecule has 180 valence electrons. The highest BCUT2D eigenvalue weighted by molar-refractivity contribution is 8.00. The Labute approximate surface area is 208 Å². The first-order chi connectivity index (χ1) is 17.0. The number of aromatic nitrogens is 2. The number of hydrogen-bond donors (Lipinski definition) is 2. The van der Waals surface area contributed by atoms with Gasteiger partial charge in [-0.1, -0.05) is 53.7 Å². The number of thioether (sulfide) groups is 1. The number of rotatable bonds is 9. The molecule has 0 spiro atoms. The fraction of sp³-hybridized carbons (Fsp3) is 0.185. The first kappa shape index (κ1) is 24.2. The van der Waals surface area contributed by atoms with Crippen molar-refractivity contribution in [3.8, 4) is 39.9 Å². The van der Waals surface area contributed by atoms with Crippen molar-refractivity contribution in [1.29, 1.82) is 0 Å². The third kappa shape index (κ3) is 5.78. The summed E-state index contributed by atoms with van der Waals surface area (Å²) in [7, 11) is 4.77. The van der Waals surface area contributed by atoms with E-state index in [9.17, 15) is 4.79 Å². The minimum absolute atomic E-state index is 0.150. The van der Waals surface area contributed by atoms with Gasteiger partial charge in [0, 0.05) is 22.9 Å². The molecule has 0 radical (unpaired) electrons. The smallest absolute Gasteiger partial charge is 0.234 e. The van der Waals surface area contributed by atoms with Gasteiger partial charge in [0.25, 0.3) is 0 Å². The van der Waals surface area contributed by atoms with Crippen LogP contribution in [0.5, 0.6) is 17.2 Å². The molecule has 4 aromatic rings. The topological polar surface area (TPSA) is 85.5 Å². The molecule has 0 unspecified atom stereocenters. The Balaban J connectivity index is 1.56. The van der Waals surface area contributed by atoms with Crippen LogP contribution in [0.4, 0.5) is 5.69 Å². The van der Waals surface area contributed by atoms with E-state index in [1.807, 2.05) is 43.3 Å². The molecule has 0 bridgehead atoms. The summed E-state index contributed by atoms with van der Waals surface area (Å²) >= 11 is 1.37. The van der Waals surface area contributed by atoms with Gasteiger partial charge in [-0.3, -0.25) is 4.79 Å². The Morgan fingerprint density at radius 3 is 2.40 bits per heavy atom. The monoisotopic (exact) mass is 489 g/mol. The summed E-state index contributed by atoms with van der Waals surface area (Å²) in [5, 5.41) is 3.65. The van der Waals surface area contributed by atoms with E-state index in [1.54, 1.807) is 39.5 Å². The fourth-order valence-corrected chi connectivity index (χ4v) is 4.34. The zero-order valence-corrected chi connectivity index (χ0v) is 20.9. The van der Waals surface area contributed by atoms with E-state index in [2.05, 4.69) is 22.4 Å². The number of anilines is 1. The van der Waals surface area contributed by atoms with E-state index >= 15 is 0 Å². The molecule has 2 N–H and O–H groups in total. The van der Waals surface area contributed by atoms with Gasteiger partial charge >= 0.3 is 0 Å². The summed E-state index contributed by atoms with van der Waals surface area (Å²) < 4.78 is 15.9. The Morgan fingerprint density at radius 2 is 1.69 bits per heavy atom. The molecule has 35 heavy (non-hydrogen) atoms. The van der Waals surface area contributed by atoms with Crippen molar-refractivity contribution in [2.75, 3.05) is 32.4 Å². The first-order valence-corrected chi connectivity index (χ1v) is 12.0. The highest BCUT2D eigenvalue weighted by atomic mass is 32.2. The largest absolute Gasteiger partial charge is 0.497 e. The van der Waals surface area contributed by atoms with Crippen molar-refractivity contribution in [1.82, 2.24) is 9.97 Å². The van der Waals surface area contributed by atoms with Crippen molar-refractivity contribution in [2.45, 2.75) is 11.9 Å². The van der Waals surface area contributed by atoms with Crippen molar-refractivity contribution < 1.29 is 19.0 Å². The minimum Gasteiger partial charge on any atom is -0.497 e. The first-order valence-electron chi connectivity index (χ1n) is 11.0. The lowest BCUT2D eigenvalue weighted by Gasteiger charge is -2.10. The number of aryl methyl sites for hydroxylation is 1. The van der Waals surface area contributed by atoms with Crippen LogP contribution in [0.1, 0.15) is 5.56 Å². The lowest BCUT2D eigenvalue weighted by molar-refractivity contribution is -0.113. The van der Waals surface area contributed by atoms with Crippen molar-refractivity contribution in [3.05, 3.63) is 72.3 Å². The van der Waals surface area contributed by atoms with E-state index in [1.165, 1.54) is 17.3 Å². The van der Waals surface area contributed by atoms with Gasteiger partial charge in [-0.2, -0.15) is 0 Å². The third-order valence-corrected chi connectivity index (χ3v) is 6.34. The molecule has 0 saturated carbocycles. The zero-order valence-electron chi connectivity index (χ0n) is 20.0. The number of nitrogens with zero attached hydrogens (tertiary/aromatic N) is 1. The van der Waals surface area contributed by atoms with Crippen LogP contribution in [0, 0.1) is 6.92 Å². The van der Waals surface area contributed by atoms with Crippen LogP contribution in [-0.2, 0) is 4.79 Å². The number of methoxy groups -OCH3 is 3. The predicted molar refractivity (Wildman–Crippen MR) is 140 cm³/mol. The molecule has 0 aliphatic heterocycles. The van der Waals surface area contributed by atoms with E-state index in [0.29, 0.717) is 23.0 Å².